The fraction of sp³-hybridized carbons (Fsp3) is 0.417. The molecule has 0 aromatic heterocycles. The molecule has 6 heteroatoms. The molecule has 0 spiro atoms. The summed E-state index contributed by atoms with van der Waals surface area (Å²) in [5.41, 5.74) is 3.85. The van der Waals surface area contributed by atoms with Crippen LogP contribution < -0.4 is 5.32 Å². The summed E-state index contributed by atoms with van der Waals surface area (Å²) in [6.45, 7) is 6.58. The van der Waals surface area contributed by atoms with Gasteiger partial charge in [-0.05, 0) is 56.9 Å². The van der Waals surface area contributed by atoms with Crippen LogP contribution in [0, 0.1) is 13.8 Å². The fourth-order valence-corrected chi connectivity index (χ4v) is 4.59. The highest BCUT2D eigenvalue weighted by molar-refractivity contribution is 6.30. The summed E-state index contributed by atoms with van der Waals surface area (Å²) in [5.74, 6) is 0.213. The first kappa shape index (κ1) is 20.7. The molecule has 1 aliphatic heterocycles. The number of anilines is 1. The zero-order valence-corrected chi connectivity index (χ0v) is 18.3. The van der Waals surface area contributed by atoms with Crippen LogP contribution in [-0.4, -0.2) is 47.9 Å². The van der Waals surface area contributed by atoms with Gasteiger partial charge in [-0.15, -0.1) is 0 Å². The number of nitrogens with one attached hydrogen (secondary N) is 1. The fourth-order valence-electron chi connectivity index (χ4n) is 4.40. The maximum Gasteiger partial charge on any atom is 0.321 e. The van der Waals surface area contributed by atoms with Crippen LogP contribution in [0.3, 0.4) is 0 Å². The van der Waals surface area contributed by atoms with Crippen molar-refractivity contribution >= 4 is 29.2 Å². The lowest BCUT2D eigenvalue weighted by Crippen LogP contribution is -2.42. The van der Waals surface area contributed by atoms with Gasteiger partial charge in [0, 0.05) is 36.9 Å². The zero-order valence-electron chi connectivity index (χ0n) is 17.6. The molecule has 0 radical (unpaired) electrons. The molecule has 5 nitrogen and oxygen atoms in total. The van der Waals surface area contributed by atoms with Crippen molar-refractivity contribution in [2.75, 3.05) is 31.5 Å². The Labute approximate surface area is 183 Å². The Morgan fingerprint density at radius 2 is 1.60 bits per heavy atom. The Morgan fingerprint density at radius 3 is 2.27 bits per heavy atom. The molecule has 2 aromatic rings. The number of rotatable bonds is 3. The van der Waals surface area contributed by atoms with E-state index < -0.39 is 0 Å². The molecule has 158 valence electrons. The lowest BCUT2D eigenvalue weighted by molar-refractivity contribution is -0.133. The molecular weight excluding hydrogens is 398 g/mol. The van der Waals surface area contributed by atoms with Gasteiger partial charge in [0.05, 0.1) is 5.41 Å². The number of aryl methyl sites for hydroxylation is 2. The van der Waals surface area contributed by atoms with Crippen LogP contribution in [-0.2, 0) is 10.2 Å². The molecule has 0 bridgehead atoms. The van der Waals surface area contributed by atoms with Crippen LogP contribution in [0.2, 0.25) is 5.02 Å². The summed E-state index contributed by atoms with van der Waals surface area (Å²) in [6, 6.07) is 13.4. The van der Waals surface area contributed by atoms with Gasteiger partial charge < -0.3 is 15.1 Å². The van der Waals surface area contributed by atoms with Crippen molar-refractivity contribution in [2.24, 2.45) is 0 Å². The summed E-state index contributed by atoms with van der Waals surface area (Å²) in [4.78, 5) is 29.9. The normalized spacial score (nSPS) is 18.0. The van der Waals surface area contributed by atoms with E-state index in [-0.39, 0.29) is 17.4 Å². The highest BCUT2D eigenvalue weighted by Gasteiger charge is 2.53. The third kappa shape index (κ3) is 4.31. The van der Waals surface area contributed by atoms with Crippen molar-refractivity contribution in [3.05, 3.63) is 64.2 Å². The van der Waals surface area contributed by atoms with E-state index in [4.69, 9.17) is 11.6 Å². The maximum atomic E-state index is 13.5. The Kier molecular flexibility index (Phi) is 5.74. The SMILES string of the molecule is Cc1cc(C)cc(C2(C(=O)N3CCCN(C(=O)Nc4cccc(Cl)c4)CC3)CC2)c1. The van der Waals surface area contributed by atoms with Gasteiger partial charge in [-0.1, -0.05) is 47.0 Å². The standard InChI is InChI=1S/C24H28ClN3O2/c1-17-13-18(2)15-19(14-17)24(7-8-24)22(29)27-9-4-10-28(12-11-27)23(30)26-21-6-3-5-20(25)16-21/h3,5-6,13-16H,4,7-12H2,1-2H3,(H,26,30). The largest absolute Gasteiger partial charge is 0.340 e. The second kappa shape index (κ2) is 8.31. The molecule has 3 amide bonds. The average Bonchev–Trinajstić information content (AvgIpc) is 3.51. The van der Waals surface area contributed by atoms with Gasteiger partial charge in [0.15, 0.2) is 0 Å². The van der Waals surface area contributed by atoms with Crippen molar-refractivity contribution in [1.29, 1.82) is 0 Å². The number of carbonyl (C=O) groups excluding carboxylic acids is 2. The van der Waals surface area contributed by atoms with Crippen LogP contribution in [0.15, 0.2) is 42.5 Å². The molecule has 4 rings (SSSR count). The van der Waals surface area contributed by atoms with Crippen molar-refractivity contribution in [3.63, 3.8) is 0 Å². The van der Waals surface area contributed by atoms with Crippen LogP contribution in [0.25, 0.3) is 0 Å². The minimum absolute atomic E-state index is 0.151. The van der Waals surface area contributed by atoms with Gasteiger partial charge in [-0.2, -0.15) is 0 Å². The minimum Gasteiger partial charge on any atom is -0.340 e. The Morgan fingerprint density at radius 1 is 0.933 bits per heavy atom. The van der Waals surface area contributed by atoms with Crippen LogP contribution in [0.1, 0.15) is 36.0 Å². The van der Waals surface area contributed by atoms with Gasteiger partial charge >= 0.3 is 6.03 Å². The Hall–Kier alpha value is -2.53. The number of nitrogens with zero attached hydrogens (tertiary/aromatic N) is 2. The average molecular weight is 426 g/mol. The van der Waals surface area contributed by atoms with E-state index in [0.29, 0.717) is 36.9 Å². The first-order chi connectivity index (χ1) is 14.4. The summed E-state index contributed by atoms with van der Waals surface area (Å²) >= 11 is 6.00. The van der Waals surface area contributed by atoms with Crippen LogP contribution in [0.4, 0.5) is 10.5 Å². The lowest BCUT2D eigenvalue weighted by atomic mass is 9.91. The molecule has 2 aliphatic rings. The van der Waals surface area contributed by atoms with Gasteiger partial charge in [0.1, 0.15) is 0 Å². The van der Waals surface area contributed by atoms with E-state index in [1.54, 1.807) is 17.0 Å². The zero-order chi connectivity index (χ0) is 21.3. The number of hydrogen-bond donors (Lipinski definition) is 1. The number of urea groups is 1. The molecule has 0 unspecified atom stereocenters. The predicted molar refractivity (Wildman–Crippen MR) is 120 cm³/mol. The molecule has 30 heavy (non-hydrogen) atoms. The molecule has 2 aromatic carbocycles. The van der Waals surface area contributed by atoms with Crippen molar-refractivity contribution in [1.82, 2.24) is 9.80 Å². The molecular formula is C24H28ClN3O2. The maximum absolute atomic E-state index is 13.5. The molecule has 1 aliphatic carbocycles. The van der Waals surface area contributed by atoms with Gasteiger partial charge in [-0.3, -0.25) is 4.79 Å². The molecule has 1 heterocycles. The van der Waals surface area contributed by atoms with E-state index in [9.17, 15) is 9.59 Å². The number of amides is 3. The molecule has 1 saturated heterocycles. The number of carbonyl (C=O) groups is 2. The third-order valence-electron chi connectivity index (χ3n) is 6.08. The molecule has 1 saturated carbocycles. The quantitative estimate of drug-likeness (QED) is 0.771. The number of halogens is 1. The minimum atomic E-state index is -0.366. The molecule has 1 N–H and O–H groups in total. The van der Waals surface area contributed by atoms with Crippen LogP contribution >= 0.6 is 11.6 Å². The summed E-state index contributed by atoms with van der Waals surface area (Å²) < 4.78 is 0. The van der Waals surface area contributed by atoms with E-state index in [1.807, 2.05) is 17.0 Å². The first-order valence-corrected chi connectivity index (χ1v) is 10.9. The Balaban J connectivity index is 1.41. The van der Waals surface area contributed by atoms with Crippen molar-refractivity contribution in [3.8, 4) is 0 Å². The summed E-state index contributed by atoms with van der Waals surface area (Å²) in [7, 11) is 0. The highest BCUT2D eigenvalue weighted by Crippen LogP contribution is 2.50. The monoisotopic (exact) mass is 425 g/mol. The summed E-state index contributed by atoms with van der Waals surface area (Å²) in [5, 5.41) is 3.49. The van der Waals surface area contributed by atoms with E-state index in [1.165, 1.54) is 11.1 Å². The lowest BCUT2D eigenvalue weighted by Gasteiger charge is -2.27. The number of benzene rings is 2. The second-order valence-corrected chi connectivity index (χ2v) is 8.97. The van der Waals surface area contributed by atoms with Crippen molar-refractivity contribution < 1.29 is 9.59 Å². The molecule has 2 fully saturated rings. The first-order valence-electron chi connectivity index (χ1n) is 10.6. The second-order valence-electron chi connectivity index (χ2n) is 8.53. The van der Waals surface area contributed by atoms with E-state index in [0.717, 1.165) is 24.8 Å². The predicted octanol–water partition coefficient (Wildman–Crippen LogP) is 4.75. The van der Waals surface area contributed by atoms with E-state index >= 15 is 0 Å². The van der Waals surface area contributed by atoms with Gasteiger partial charge in [0.25, 0.3) is 0 Å². The topological polar surface area (TPSA) is 52.7 Å². The number of hydrogen-bond acceptors (Lipinski definition) is 2. The Bertz CT molecular complexity index is 950. The van der Waals surface area contributed by atoms with Crippen LogP contribution in [0.5, 0.6) is 0 Å². The smallest absolute Gasteiger partial charge is 0.321 e. The van der Waals surface area contributed by atoms with Gasteiger partial charge in [-0.25, -0.2) is 4.79 Å². The van der Waals surface area contributed by atoms with Crippen molar-refractivity contribution in [2.45, 2.75) is 38.5 Å². The van der Waals surface area contributed by atoms with Gasteiger partial charge in [0.2, 0.25) is 5.91 Å². The summed E-state index contributed by atoms with van der Waals surface area (Å²) in [6.07, 6.45) is 2.59. The van der Waals surface area contributed by atoms with E-state index in [2.05, 4.69) is 37.4 Å². The third-order valence-corrected chi connectivity index (χ3v) is 6.31. The molecule has 0 atom stereocenters. The highest BCUT2D eigenvalue weighted by atomic mass is 35.5.